The van der Waals surface area contributed by atoms with Gasteiger partial charge < -0.3 is 5.73 Å². The van der Waals surface area contributed by atoms with Gasteiger partial charge in [-0.2, -0.15) is 0 Å². The van der Waals surface area contributed by atoms with E-state index in [9.17, 15) is 0 Å². The van der Waals surface area contributed by atoms with Crippen molar-refractivity contribution in [2.45, 2.75) is 33.2 Å². The molecule has 1 aliphatic heterocycles. The van der Waals surface area contributed by atoms with Gasteiger partial charge in [-0.25, -0.2) is 0 Å². The Morgan fingerprint density at radius 2 is 2.18 bits per heavy atom. The van der Waals surface area contributed by atoms with Gasteiger partial charge in [0.1, 0.15) is 0 Å². The Morgan fingerprint density at radius 3 is 2.82 bits per heavy atom. The maximum absolute atomic E-state index is 5.72. The third kappa shape index (κ3) is 3.80. The highest BCUT2D eigenvalue weighted by Gasteiger charge is 2.21. The van der Waals surface area contributed by atoms with E-state index >= 15 is 0 Å². The summed E-state index contributed by atoms with van der Waals surface area (Å²) in [7, 11) is 0. The standard InChI is InChI=1S/C14H24N2S/c1-11(2)7-13-3-4-14(17-13)10-16-6-5-12(8-15)9-16/h3-4,11-12H,5-10,15H2,1-2H3. The molecule has 1 aromatic heterocycles. The van der Waals surface area contributed by atoms with Gasteiger partial charge in [-0.1, -0.05) is 13.8 Å². The molecule has 1 aromatic rings. The van der Waals surface area contributed by atoms with E-state index < -0.39 is 0 Å². The van der Waals surface area contributed by atoms with Gasteiger partial charge in [0.2, 0.25) is 0 Å². The first-order valence-electron chi connectivity index (χ1n) is 6.67. The summed E-state index contributed by atoms with van der Waals surface area (Å²) in [5.74, 6) is 1.49. The van der Waals surface area contributed by atoms with E-state index in [0.29, 0.717) is 0 Å². The highest BCUT2D eigenvalue weighted by Crippen LogP contribution is 2.24. The van der Waals surface area contributed by atoms with Gasteiger partial charge in [-0.3, -0.25) is 4.90 Å². The number of likely N-dealkylation sites (tertiary alicyclic amines) is 1. The van der Waals surface area contributed by atoms with E-state index in [1.165, 1.54) is 35.7 Å². The topological polar surface area (TPSA) is 29.3 Å². The van der Waals surface area contributed by atoms with Crippen LogP contribution in [0.3, 0.4) is 0 Å². The second-order valence-corrected chi connectivity index (χ2v) is 6.84. The van der Waals surface area contributed by atoms with E-state index in [1.54, 1.807) is 0 Å². The zero-order valence-corrected chi connectivity index (χ0v) is 11.8. The smallest absolute Gasteiger partial charge is 0.0328 e. The summed E-state index contributed by atoms with van der Waals surface area (Å²) in [6.07, 6.45) is 2.50. The fourth-order valence-electron chi connectivity index (χ4n) is 2.49. The van der Waals surface area contributed by atoms with Crippen LogP contribution < -0.4 is 5.73 Å². The number of nitrogens with zero attached hydrogens (tertiary/aromatic N) is 1. The van der Waals surface area contributed by atoms with Crippen LogP contribution in [0.4, 0.5) is 0 Å². The molecule has 1 aliphatic rings. The molecule has 2 rings (SSSR count). The fraction of sp³-hybridized carbons (Fsp3) is 0.714. The zero-order valence-electron chi connectivity index (χ0n) is 11.0. The van der Waals surface area contributed by atoms with Crippen molar-refractivity contribution in [3.8, 4) is 0 Å². The van der Waals surface area contributed by atoms with Crippen LogP contribution in [-0.4, -0.2) is 24.5 Å². The van der Waals surface area contributed by atoms with E-state index in [2.05, 4.69) is 30.9 Å². The summed E-state index contributed by atoms with van der Waals surface area (Å²) in [5.41, 5.74) is 5.72. The minimum absolute atomic E-state index is 0.727. The largest absolute Gasteiger partial charge is 0.330 e. The van der Waals surface area contributed by atoms with Gasteiger partial charge in [0.05, 0.1) is 0 Å². The molecular weight excluding hydrogens is 228 g/mol. The average Bonchev–Trinajstić information content (AvgIpc) is 2.88. The summed E-state index contributed by atoms with van der Waals surface area (Å²) in [4.78, 5) is 5.59. The van der Waals surface area contributed by atoms with Crippen LogP contribution in [0, 0.1) is 11.8 Å². The molecule has 3 heteroatoms. The molecule has 0 radical (unpaired) electrons. The van der Waals surface area contributed by atoms with Crippen molar-refractivity contribution in [2.24, 2.45) is 17.6 Å². The molecule has 0 spiro atoms. The number of rotatable bonds is 5. The highest BCUT2D eigenvalue weighted by molar-refractivity contribution is 7.11. The van der Waals surface area contributed by atoms with Gasteiger partial charge in [0, 0.05) is 22.8 Å². The average molecular weight is 252 g/mol. The molecule has 2 heterocycles. The van der Waals surface area contributed by atoms with Crippen molar-refractivity contribution < 1.29 is 0 Å². The van der Waals surface area contributed by atoms with Gasteiger partial charge in [-0.15, -0.1) is 11.3 Å². The summed E-state index contributed by atoms with van der Waals surface area (Å²) in [6, 6.07) is 4.61. The van der Waals surface area contributed by atoms with Crippen LogP contribution in [0.1, 0.15) is 30.0 Å². The van der Waals surface area contributed by atoms with Gasteiger partial charge in [0.15, 0.2) is 0 Å². The molecule has 1 atom stereocenters. The Labute approximate surface area is 109 Å². The molecule has 0 aliphatic carbocycles. The molecule has 0 saturated carbocycles. The Balaban J connectivity index is 1.85. The predicted molar refractivity (Wildman–Crippen MR) is 75.3 cm³/mol. The van der Waals surface area contributed by atoms with Crippen LogP contribution in [-0.2, 0) is 13.0 Å². The van der Waals surface area contributed by atoms with Gasteiger partial charge in [-0.05, 0) is 49.9 Å². The van der Waals surface area contributed by atoms with Gasteiger partial charge in [0.25, 0.3) is 0 Å². The third-order valence-corrected chi connectivity index (χ3v) is 4.50. The van der Waals surface area contributed by atoms with Crippen LogP contribution in [0.5, 0.6) is 0 Å². The molecule has 1 saturated heterocycles. The Hall–Kier alpha value is -0.380. The number of hydrogen-bond donors (Lipinski definition) is 1. The predicted octanol–water partition coefficient (Wildman–Crippen LogP) is 2.73. The number of nitrogens with two attached hydrogens (primary N) is 1. The molecule has 17 heavy (non-hydrogen) atoms. The SMILES string of the molecule is CC(C)Cc1ccc(CN2CCC(CN)C2)s1. The molecule has 0 bridgehead atoms. The summed E-state index contributed by atoms with van der Waals surface area (Å²) < 4.78 is 0. The summed E-state index contributed by atoms with van der Waals surface area (Å²) in [6.45, 7) is 8.95. The van der Waals surface area contributed by atoms with Crippen molar-refractivity contribution >= 4 is 11.3 Å². The van der Waals surface area contributed by atoms with E-state index in [0.717, 1.165) is 24.9 Å². The lowest BCUT2D eigenvalue weighted by Gasteiger charge is -2.14. The van der Waals surface area contributed by atoms with Crippen LogP contribution in [0.2, 0.25) is 0 Å². The van der Waals surface area contributed by atoms with Crippen molar-refractivity contribution in [2.75, 3.05) is 19.6 Å². The van der Waals surface area contributed by atoms with E-state index in [1.807, 2.05) is 11.3 Å². The van der Waals surface area contributed by atoms with Crippen molar-refractivity contribution in [3.05, 3.63) is 21.9 Å². The lowest BCUT2D eigenvalue weighted by atomic mass is 10.1. The maximum atomic E-state index is 5.72. The van der Waals surface area contributed by atoms with Crippen LogP contribution in [0.15, 0.2) is 12.1 Å². The molecule has 2 nitrogen and oxygen atoms in total. The third-order valence-electron chi connectivity index (χ3n) is 3.41. The van der Waals surface area contributed by atoms with E-state index in [-0.39, 0.29) is 0 Å². The number of thiophene rings is 1. The summed E-state index contributed by atoms with van der Waals surface area (Å²) >= 11 is 1.98. The first-order valence-corrected chi connectivity index (χ1v) is 7.49. The molecule has 0 amide bonds. The van der Waals surface area contributed by atoms with Crippen LogP contribution >= 0.6 is 11.3 Å². The Morgan fingerprint density at radius 1 is 1.41 bits per heavy atom. The first-order chi connectivity index (χ1) is 8.17. The maximum Gasteiger partial charge on any atom is 0.0328 e. The minimum Gasteiger partial charge on any atom is -0.330 e. The van der Waals surface area contributed by atoms with Crippen molar-refractivity contribution in [3.63, 3.8) is 0 Å². The second-order valence-electron chi connectivity index (χ2n) is 5.59. The second kappa shape index (κ2) is 5.98. The highest BCUT2D eigenvalue weighted by atomic mass is 32.1. The molecular formula is C14H24N2S. The molecule has 1 fully saturated rings. The first kappa shape index (κ1) is 13.1. The molecule has 2 N–H and O–H groups in total. The van der Waals surface area contributed by atoms with Crippen LogP contribution in [0.25, 0.3) is 0 Å². The lowest BCUT2D eigenvalue weighted by molar-refractivity contribution is 0.320. The fourth-order valence-corrected chi connectivity index (χ4v) is 3.76. The lowest BCUT2D eigenvalue weighted by Crippen LogP contribution is -2.22. The molecule has 1 unspecified atom stereocenters. The molecule has 96 valence electrons. The van der Waals surface area contributed by atoms with E-state index in [4.69, 9.17) is 5.73 Å². The normalized spacial score (nSPS) is 21.5. The summed E-state index contributed by atoms with van der Waals surface area (Å²) in [5, 5.41) is 0. The van der Waals surface area contributed by atoms with Gasteiger partial charge >= 0.3 is 0 Å². The molecule has 0 aromatic carbocycles. The van der Waals surface area contributed by atoms with Crippen molar-refractivity contribution in [1.29, 1.82) is 0 Å². The van der Waals surface area contributed by atoms with Crippen molar-refractivity contribution in [1.82, 2.24) is 4.90 Å². The number of hydrogen-bond acceptors (Lipinski definition) is 3. The minimum atomic E-state index is 0.727. The Bertz CT molecular complexity index is 346. The zero-order chi connectivity index (χ0) is 12.3. The quantitative estimate of drug-likeness (QED) is 0.873. The Kier molecular flexibility index (Phi) is 4.60. The monoisotopic (exact) mass is 252 g/mol.